The quantitative estimate of drug-likeness (QED) is 0.426. The van der Waals surface area contributed by atoms with Crippen LogP contribution in [0.5, 0.6) is 5.75 Å². The molecule has 1 unspecified atom stereocenters. The number of aryl methyl sites for hydroxylation is 1. The van der Waals surface area contributed by atoms with Crippen molar-refractivity contribution in [2.24, 2.45) is 5.84 Å². The van der Waals surface area contributed by atoms with Gasteiger partial charge in [-0.1, -0.05) is 6.07 Å². The molecular weight excluding hydrogens is 152 g/mol. The summed E-state index contributed by atoms with van der Waals surface area (Å²) in [6, 6.07) is 5.68. The second-order valence-electron chi connectivity index (χ2n) is 3.14. The van der Waals surface area contributed by atoms with Crippen LogP contribution in [-0.4, -0.2) is 5.11 Å². The van der Waals surface area contributed by atoms with Gasteiger partial charge in [0.15, 0.2) is 0 Å². The first-order valence-corrected chi connectivity index (χ1v) is 4.09. The summed E-state index contributed by atoms with van der Waals surface area (Å²) in [5.41, 5.74) is 5.16. The molecule has 1 aromatic carbocycles. The molecule has 0 fully saturated rings. The van der Waals surface area contributed by atoms with Gasteiger partial charge in [0.1, 0.15) is 5.75 Å². The lowest BCUT2D eigenvalue weighted by molar-refractivity contribution is 0.472. The lowest BCUT2D eigenvalue weighted by Gasteiger charge is -2.09. The van der Waals surface area contributed by atoms with E-state index in [0.29, 0.717) is 5.75 Å². The van der Waals surface area contributed by atoms with Crippen molar-refractivity contribution < 1.29 is 5.11 Å². The van der Waals surface area contributed by atoms with Crippen molar-refractivity contribution in [1.82, 2.24) is 5.43 Å². The standard InChI is InChI=1S/C9H12N2O/c10-11-9-4-2-6-1-3-7(12)5-8(6)9/h1,3,5,9,11-12H,2,4,10H2. The van der Waals surface area contributed by atoms with Gasteiger partial charge in [0.2, 0.25) is 0 Å². The van der Waals surface area contributed by atoms with Gasteiger partial charge in [0.05, 0.1) is 0 Å². The van der Waals surface area contributed by atoms with E-state index in [1.807, 2.05) is 6.07 Å². The van der Waals surface area contributed by atoms with Crippen molar-refractivity contribution in [2.75, 3.05) is 0 Å². The summed E-state index contributed by atoms with van der Waals surface area (Å²) in [5, 5.41) is 9.24. The van der Waals surface area contributed by atoms with Gasteiger partial charge in [0, 0.05) is 6.04 Å². The van der Waals surface area contributed by atoms with Crippen molar-refractivity contribution in [3.63, 3.8) is 0 Å². The first kappa shape index (κ1) is 7.58. The summed E-state index contributed by atoms with van der Waals surface area (Å²) in [6.45, 7) is 0. The van der Waals surface area contributed by atoms with Crippen molar-refractivity contribution in [3.8, 4) is 5.75 Å². The number of hydrogen-bond donors (Lipinski definition) is 3. The molecule has 0 saturated carbocycles. The minimum absolute atomic E-state index is 0.215. The lowest BCUT2D eigenvalue weighted by Crippen LogP contribution is -2.26. The van der Waals surface area contributed by atoms with E-state index < -0.39 is 0 Å². The monoisotopic (exact) mass is 164 g/mol. The van der Waals surface area contributed by atoms with Gasteiger partial charge in [-0.2, -0.15) is 0 Å². The highest BCUT2D eigenvalue weighted by molar-refractivity contribution is 5.39. The maximum atomic E-state index is 9.24. The van der Waals surface area contributed by atoms with E-state index in [0.717, 1.165) is 18.4 Å². The summed E-state index contributed by atoms with van der Waals surface area (Å²) < 4.78 is 0. The average Bonchev–Trinajstić information content (AvgIpc) is 2.46. The van der Waals surface area contributed by atoms with Gasteiger partial charge in [0.25, 0.3) is 0 Å². The third-order valence-electron chi connectivity index (χ3n) is 2.41. The topological polar surface area (TPSA) is 58.3 Å². The van der Waals surface area contributed by atoms with E-state index in [1.165, 1.54) is 5.56 Å². The molecule has 0 saturated heterocycles. The Morgan fingerprint density at radius 2 is 2.33 bits per heavy atom. The van der Waals surface area contributed by atoms with Crippen molar-refractivity contribution in [3.05, 3.63) is 29.3 Å². The number of phenolic OH excluding ortho intramolecular Hbond substituents is 1. The number of phenols is 1. The molecule has 0 aromatic heterocycles. The molecule has 0 heterocycles. The summed E-state index contributed by atoms with van der Waals surface area (Å²) in [6.07, 6.45) is 2.07. The summed E-state index contributed by atoms with van der Waals surface area (Å²) in [4.78, 5) is 0. The lowest BCUT2D eigenvalue weighted by atomic mass is 10.1. The second kappa shape index (κ2) is 2.77. The summed E-state index contributed by atoms with van der Waals surface area (Å²) in [5.74, 6) is 5.68. The number of nitrogens with two attached hydrogens (primary N) is 1. The molecule has 0 amide bonds. The fourth-order valence-corrected chi connectivity index (χ4v) is 1.76. The third kappa shape index (κ3) is 1.07. The van der Waals surface area contributed by atoms with E-state index in [9.17, 15) is 5.11 Å². The molecule has 12 heavy (non-hydrogen) atoms. The molecule has 3 heteroatoms. The van der Waals surface area contributed by atoms with E-state index >= 15 is 0 Å². The predicted molar refractivity (Wildman–Crippen MR) is 46.5 cm³/mol. The van der Waals surface area contributed by atoms with Crippen molar-refractivity contribution in [1.29, 1.82) is 0 Å². The second-order valence-corrected chi connectivity index (χ2v) is 3.14. The minimum atomic E-state index is 0.215. The molecule has 2 rings (SSSR count). The Morgan fingerprint density at radius 3 is 3.08 bits per heavy atom. The highest BCUT2D eigenvalue weighted by Crippen LogP contribution is 2.32. The number of benzene rings is 1. The molecule has 3 nitrogen and oxygen atoms in total. The molecule has 4 N–H and O–H groups in total. The van der Waals surface area contributed by atoms with E-state index in [-0.39, 0.29) is 6.04 Å². The van der Waals surface area contributed by atoms with Crippen LogP contribution < -0.4 is 11.3 Å². The Hall–Kier alpha value is -1.06. The first-order valence-electron chi connectivity index (χ1n) is 4.09. The fraction of sp³-hybridized carbons (Fsp3) is 0.333. The zero-order chi connectivity index (χ0) is 8.55. The van der Waals surface area contributed by atoms with Gasteiger partial charge >= 0.3 is 0 Å². The average molecular weight is 164 g/mol. The number of hydrazine groups is 1. The Labute approximate surface area is 71.2 Å². The molecular formula is C9H12N2O. The third-order valence-corrected chi connectivity index (χ3v) is 2.41. The van der Waals surface area contributed by atoms with Crippen LogP contribution in [0.2, 0.25) is 0 Å². The molecule has 1 aromatic rings. The molecule has 0 bridgehead atoms. The van der Waals surface area contributed by atoms with Crippen LogP contribution in [-0.2, 0) is 6.42 Å². The number of nitrogens with one attached hydrogen (secondary N) is 1. The van der Waals surface area contributed by atoms with Crippen molar-refractivity contribution in [2.45, 2.75) is 18.9 Å². The Bertz CT molecular complexity index is 299. The first-order chi connectivity index (χ1) is 5.81. The van der Waals surface area contributed by atoms with Gasteiger partial charge < -0.3 is 5.11 Å². The van der Waals surface area contributed by atoms with Crippen LogP contribution in [0, 0.1) is 0 Å². The zero-order valence-corrected chi connectivity index (χ0v) is 6.75. The number of fused-ring (bicyclic) bond motifs is 1. The largest absolute Gasteiger partial charge is 0.508 e. The summed E-state index contributed by atoms with van der Waals surface area (Å²) >= 11 is 0. The van der Waals surface area contributed by atoms with Gasteiger partial charge in [-0.3, -0.25) is 11.3 Å². The number of aromatic hydroxyl groups is 1. The van der Waals surface area contributed by atoms with Crippen LogP contribution in [0.4, 0.5) is 0 Å². The van der Waals surface area contributed by atoms with Gasteiger partial charge in [-0.15, -0.1) is 0 Å². The highest BCUT2D eigenvalue weighted by Gasteiger charge is 2.20. The fourth-order valence-electron chi connectivity index (χ4n) is 1.76. The molecule has 1 atom stereocenters. The van der Waals surface area contributed by atoms with Crippen LogP contribution in [0.3, 0.4) is 0 Å². The van der Waals surface area contributed by atoms with Gasteiger partial charge in [-0.05, 0) is 36.1 Å². The van der Waals surface area contributed by atoms with Crippen molar-refractivity contribution >= 4 is 0 Å². The number of rotatable bonds is 1. The minimum Gasteiger partial charge on any atom is -0.508 e. The maximum absolute atomic E-state index is 9.24. The van der Waals surface area contributed by atoms with Crippen LogP contribution in [0.15, 0.2) is 18.2 Å². The molecule has 0 spiro atoms. The van der Waals surface area contributed by atoms with E-state index in [4.69, 9.17) is 5.84 Å². The van der Waals surface area contributed by atoms with Crippen LogP contribution in [0.1, 0.15) is 23.6 Å². The van der Waals surface area contributed by atoms with Gasteiger partial charge in [-0.25, -0.2) is 0 Å². The van der Waals surface area contributed by atoms with Crippen LogP contribution >= 0.6 is 0 Å². The van der Waals surface area contributed by atoms with E-state index in [1.54, 1.807) is 12.1 Å². The summed E-state index contributed by atoms with van der Waals surface area (Å²) in [7, 11) is 0. The predicted octanol–water partition coefficient (Wildman–Crippen LogP) is 0.843. The molecule has 1 aliphatic rings. The normalized spacial score (nSPS) is 20.9. The highest BCUT2D eigenvalue weighted by atomic mass is 16.3. The van der Waals surface area contributed by atoms with Crippen LogP contribution in [0.25, 0.3) is 0 Å². The maximum Gasteiger partial charge on any atom is 0.115 e. The Balaban J connectivity index is 2.42. The molecule has 64 valence electrons. The Kier molecular flexibility index (Phi) is 1.75. The SMILES string of the molecule is NNC1CCc2ccc(O)cc21. The Morgan fingerprint density at radius 1 is 1.50 bits per heavy atom. The molecule has 0 aliphatic heterocycles. The smallest absolute Gasteiger partial charge is 0.115 e. The molecule has 1 aliphatic carbocycles. The number of hydrogen-bond acceptors (Lipinski definition) is 3. The zero-order valence-electron chi connectivity index (χ0n) is 6.75. The molecule has 0 radical (unpaired) electrons. The van der Waals surface area contributed by atoms with E-state index in [2.05, 4.69) is 5.43 Å².